The molecular weight excluding hydrogens is 265 g/mol. The largest absolute Gasteiger partial charge is 0.378 e. The molecule has 2 rings (SSSR count). The highest BCUT2D eigenvalue weighted by molar-refractivity contribution is 6.42. The number of aryl methyl sites for hydroxylation is 1. The Morgan fingerprint density at radius 3 is 2.44 bits per heavy atom. The molecule has 0 radical (unpaired) electrons. The van der Waals surface area contributed by atoms with Crippen molar-refractivity contribution in [3.63, 3.8) is 0 Å². The fourth-order valence-corrected chi connectivity index (χ4v) is 2.16. The van der Waals surface area contributed by atoms with Gasteiger partial charge in [-0.1, -0.05) is 53.0 Å². The van der Waals surface area contributed by atoms with Gasteiger partial charge in [0.15, 0.2) is 0 Å². The van der Waals surface area contributed by atoms with E-state index in [0.29, 0.717) is 10.0 Å². The number of halogens is 2. The van der Waals surface area contributed by atoms with E-state index in [1.807, 2.05) is 12.1 Å². The van der Waals surface area contributed by atoms with E-state index < -0.39 is 0 Å². The van der Waals surface area contributed by atoms with Crippen LogP contribution < -0.4 is 5.32 Å². The van der Waals surface area contributed by atoms with E-state index in [1.165, 1.54) is 11.1 Å². The molecule has 1 N–H and O–H groups in total. The lowest BCUT2D eigenvalue weighted by molar-refractivity contribution is 0.883. The van der Waals surface area contributed by atoms with Gasteiger partial charge in [-0.2, -0.15) is 0 Å². The van der Waals surface area contributed by atoms with Gasteiger partial charge in [0.05, 0.1) is 10.0 Å². The first-order valence-corrected chi connectivity index (χ1v) is 6.60. The highest BCUT2D eigenvalue weighted by Gasteiger charge is 2.06. The molecule has 0 fully saturated rings. The Kier molecular flexibility index (Phi) is 4.15. The summed E-state index contributed by atoms with van der Waals surface area (Å²) in [5.41, 5.74) is 3.48. The Morgan fingerprint density at radius 2 is 1.78 bits per heavy atom. The molecule has 0 aliphatic heterocycles. The van der Waals surface area contributed by atoms with E-state index in [0.717, 1.165) is 5.69 Å². The van der Waals surface area contributed by atoms with Gasteiger partial charge in [0.2, 0.25) is 0 Å². The average Bonchev–Trinajstić information content (AvgIpc) is 2.34. The van der Waals surface area contributed by atoms with Gasteiger partial charge in [-0.15, -0.1) is 0 Å². The Balaban J connectivity index is 2.16. The van der Waals surface area contributed by atoms with Crippen LogP contribution in [0.1, 0.15) is 24.1 Å². The van der Waals surface area contributed by atoms with E-state index in [1.54, 1.807) is 6.07 Å². The predicted molar refractivity (Wildman–Crippen MR) is 79.7 cm³/mol. The second-order valence-electron chi connectivity index (χ2n) is 4.41. The van der Waals surface area contributed by atoms with E-state index >= 15 is 0 Å². The quantitative estimate of drug-likeness (QED) is 0.785. The van der Waals surface area contributed by atoms with Crippen molar-refractivity contribution in [2.75, 3.05) is 5.32 Å². The van der Waals surface area contributed by atoms with Crippen molar-refractivity contribution in [2.45, 2.75) is 19.9 Å². The highest BCUT2D eigenvalue weighted by atomic mass is 35.5. The zero-order chi connectivity index (χ0) is 13.1. The molecular formula is C15H15Cl2N. The summed E-state index contributed by atoms with van der Waals surface area (Å²) in [7, 11) is 0. The maximum absolute atomic E-state index is 6.00. The molecule has 1 atom stereocenters. The van der Waals surface area contributed by atoms with Crippen LogP contribution in [0, 0.1) is 6.92 Å². The van der Waals surface area contributed by atoms with Gasteiger partial charge in [0.25, 0.3) is 0 Å². The molecule has 2 aromatic carbocycles. The zero-order valence-electron chi connectivity index (χ0n) is 10.4. The number of benzene rings is 2. The summed E-state index contributed by atoms with van der Waals surface area (Å²) < 4.78 is 0. The van der Waals surface area contributed by atoms with Crippen LogP contribution in [0.25, 0.3) is 0 Å². The van der Waals surface area contributed by atoms with Gasteiger partial charge in [0.1, 0.15) is 0 Å². The summed E-state index contributed by atoms with van der Waals surface area (Å²) in [4.78, 5) is 0. The molecule has 0 aliphatic carbocycles. The molecule has 0 spiro atoms. The van der Waals surface area contributed by atoms with Crippen LogP contribution in [0.15, 0.2) is 42.5 Å². The molecule has 0 aromatic heterocycles. The summed E-state index contributed by atoms with van der Waals surface area (Å²) in [6, 6.07) is 14.2. The summed E-state index contributed by atoms with van der Waals surface area (Å²) in [6.45, 7) is 4.21. The molecule has 0 aliphatic rings. The van der Waals surface area contributed by atoms with Gasteiger partial charge in [0, 0.05) is 11.7 Å². The Morgan fingerprint density at radius 1 is 1.00 bits per heavy atom. The summed E-state index contributed by atoms with van der Waals surface area (Å²) >= 11 is 11.9. The molecule has 1 unspecified atom stereocenters. The van der Waals surface area contributed by atoms with Crippen LogP contribution in [0.5, 0.6) is 0 Å². The zero-order valence-corrected chi connectivity index (χ0v) is 11.9. The van der Waals surface area contributed by atoms with Crippen molar-refractivity contribution in [3.8, 4) is 0 Å². The summed E-state index contributed by atoms with van der Waals surface area (Å²) in [5, 5.41) is 4.55. The highest BCUT2D eigenvalue weighted by Crippen LogP contribution is 2.27. The molecule has 2 aromatic rings. The fourth-order valence-electron chi connectivity index (χ4n) is 1.86. The first kappa shape index (κ1) is 13.3. The van der Waals surface area contributed by atoms with Crippen molar-refractivity contribution in [2.24, 2.45) is 0 Å². The first-order valence-electron chi connectivity index (χ1n) is 5.84. The maximum Gasteiger partial charge on any atom is 0.0612 e. The van der Waals surface area contributed by atoms with Gasteiger partial charge >= 0.3 is 0 Å². The molecule has 0 bridgehead atoms. The lowest BCUT2D eigenvalue weighted by Gasteiger charge is -2.16. The molecule has 18 heavy (non-hydrogen) atoms. The fraction of sp³-hybridized carbons (Fsp3) is 0.200. The van der Waals surface area contributed by atoms with Gasteiger partial charge in [-0.3, -0.25) is 0 Å². The molecule has 0 saturated carbocycles. The van der Waals surface area contributed by atoms with E-state index in [4.69, 9.17) is 23.2 Å². The maximum atomic E-state index is 6.00. The Hall–Kier alpha value is -1.18. The van der Waals surface area contributed by atoms with Crippen LogP contribution in [0.2, 0.25) is 10.0 Å². The third-order valence-corrected chi connectivity index (χ3v) is 3.58. The Bertz CT molecular complexity index is 552. The first-order chi connectivity index (χ1) is 8.56. The van der Waals surface area contributed by atoms with E-state index in [9.17, 15) is 0 Å². The van der Waals surface area contributed by atoms with E-state index in [-0.39, 0.29) is 6.04 Å². The van der Waals surface area contributed by atoms with Gasteiger partial charge in [-0.25, -0.2) is 0 Å². The topological polar surface area (TPSA) is 12.0 Å². The summed E-state index contributed by atoms with van der Waals surface area (Å²) in [6.07, 6.45) is 0. The van der Waals surface area contributed by atoms with Crippen LogP contribution >= 0.6 is 23.2 Å². The number of rotatable bonds is 3. The molecule has 0 amide bonds. The van der Waals surface area contributed by atoms with Crippen molar-refractivity contribution < 1.29 is 0 Å². The smallest absolute Gasteiger partial charge is 0.0612 e. The standard InChI is InChI=1S/C15H15Cl2N/c1-10-4-3-5-12(8-10)11(2)18-13-6-7-14(16)15(17)9-13/h3-9,11,18H,1-2H3. The third-order valence-electron chi connectivity index (χ3n) is 2.84. The average molecular weight is 280 g/mol. The van der Waals surface area contributed by atoms with Crippen LogP contribution in [0.4, 0.5) is 5.69 Å². The SMILES string of the molecule is Cc1cccc(C(C)Nc2ccc(Cl)c(Cl)c2)c1. The molecule has 0 heterocycles. The third kappa shape index (κ3) is 3.18. The van der Waals surface area contributed by atoms with Crippen molar-refractivity contribution in [1.29, 1.82) is 0 Å². The van der Waals surface area contributed by atoms with Crippen molar-refractivity contribution >= 4 is 28.9 Å². The minimum atomic E-state index is 0.224. The second-order valence-corrected chi connectivity index (χ2v) is 5.22. The second kappa shape index (κ2) is 5.64. The lowest BCUT2D eigenvalue weighted by Crippen LogP contribution is -2.06. The number of nitrogens with one attached hydrogen (secondary N) is 1. The molecule has 3 heteroatoms. The van der Waals surface area contributed by atoms with E-state index in [2.05, 4.69) is 43.4 Å². The number of hydrogen-bond acceptors (Lipinski definition) is 1. The predicted octanol–water partition coefficient (Wildman–Crippen LogP) is 5.47. The van der Waals surface area contributed by atoms with Crippen LogP contribution in [0.3, 0.4) is 0 Å². The summed E-state index contributed by atoms with van der Waals surface area (Å²) in [5.74, 6) is 0. The Labute approximate surface area is 118 Å². The van der Waals surface area contributed by atoms with Crippen LogP contribution in [-0.4, -0.2) is 0 Å². The number of anilines is 1. The van der Waals surface area contributed by atoms with Crippen molar-refractivity contribution in [1.82, 2.24) is 0 Å². The minimum Gasteiger partial charge on any atom is -0.378 e. The van der Waals surface area contributed by atoms with Crippen LogP contribution in [-0.2, 0) is 0 Å². The van der Waals surface area contributed by atoms with Gasteiger partial charge in [-0.05, 0) is 37.6 Å². The lowest BCUT2D eigenvalue weighted by atomic mass is 10.1. The minimum absolute atomic E-state index is 0.224. The van der Waals surface area contributed by atoms with Crippen molar-refractivity contribution in [3.05, 3.63) is 63.6 Å². The monoisotopic (exact) mass is 279 g/mol. The number of hydrogen-bond donors (Lipinski definition) is 1. The molecule has 1 nitrogen and oxygen atoms in total. The van der Waals surface area contributed by atoms with Gasteiger partial charge < -0.3 is 5.32 Å². The normalized spacial score (nSPS) is 12.2. The molecule has 94 valence electrons. The molecule has 0 saturated heterocycles.